The topological polar surface area (TPSA) is 64.0 Å². The van der Waals surface area contributed by atoms with E-state index in [4.69, 9.17) is 0 Å². The van der Waals surface area contributed by atoms with E-state index >= 15 is 0 Å². The van der Waals surface area contributed by atoms with E-state index in [9.17, 15) is 8.42 Å². The largest absolute Gasteiger partial charge is 0.359 e. The van der Waals surface area contributed by atoms with Crippen LogP contribution in [0.2, 0.25) is 0 Å². The Hall–Kier alpha value is -1.04. The molecule has 0 bridgehead atoms. The van der Waals surface area contributed by atoms with E-state index in [2.05, 4.69) is 10.3 Å². The Morgan fingerprint density at radius 1 is 1.50 bits per heavy atom. The summed E-state index contributed by atoms with van der Waals surface area (Å²) in [6, 6.07) is 0. The van der Waals surface area contributed by atoms with Gasteiger partial charge in [-0.2, -0.15) is 0 Å². The number of aryl methyl sites for hydroxylation is 1. The second-order valence-electron chi connectivity index (χ2n) is 4.62. The minimum atomic E-state index is -3.09. The fourth-order valence-electron chi connectivity index (χ4n) is 1.39. The van der Waals surface area contributed by atoms with E-state index < -0.39 is 14.6 Å². The molecule has 6 heteroatoms. The molecule has 0 fully saturated rings. The second kappa shape index (κ2) is 4.08. The quantitative estimate of drug-likeness (QED) is 0.861. The van der Waals surface area contributed by atoms with E-state index in [-0.39, 0.29) is 0 Å². The van der Waals surface area contributed by atoms with Gasteiger partial charge in [-0.05, 0) is 20.8 Å². The molecule has 0 saturated heterocycles. The van der Waals surface area contributed by atoms with Gasteiger partial charge >= 0.3 is 0 Å². The van der Waals surface area contributed by atoms with Crippen LogP contribution in [-0.4, -0.2) is 36.0 Å². The van der Waals surface area contributed by atoms with Gasteiger partial charge in [0.2, 0.25) is 5.95 Å². The molecular formula is C10H19N3O2S. The maximum absolute atomic E-state index is 11.6. The van der Waals surface area contributed by atoms with E-state index in [0.29, 0.717) is 12.5 Å². The third kappa shape index (κ3) is 2.55. The standard InChI is InChI=1S/C10H19N3O2S/c1-8-6-13(9(11-4)12-8)7-10(2,3)16(5,14)15/h6H,7H2,1-5H3,(H,11,12). The van der Waals surface area contributed by atoms with Crippen molar-refractivity contribution in [2.45, 2.75) is 32.1 Å². The van der Waals surface area contributed by atoms with Crippen LogP contribution in [0, 0.1) is 6.92 Å². The van der Waals surface area contributed by atoms with Crippen LogP contribution in [0.5, 0.6) is 0 Å². The molecule has 1 heterocycles. The summed E-state index contributed by atoms with van der Waals surface area (Å²) < 4.78 is 24.2. The Kier molecular flexibility index (Phi) is 3.33. The van der Waals surface area contributed by atoms with Gasteiger partial charge in [-0.25, -0.2) is 13.4 Å². The Balaban J connectivity index is 3.05. The molecule has 5 nitrogen and oxygen atoms in total. The van der Waals surface area contributed by atoms with Gasteiger partial charge < -0.3 is 9.88 Å². The van der Waals surface area contributed by atoms with Gasteiger partial charge in [-0.3, -0.25) is 0 Å². The van der Waals surface area contributed by atoms with Gasteiger partial charge in [0, 0.05) is 26.0 Å². The van der Waals surface area contributed by atoms with E-state index in [0.717, 1.165) is 5.69 Å². The van der Waals surface area contributed by atoms with Gasteiger partial charge in [-0.1, -0.05) is 0 Å². The number of nitrogens with one attached hydrogen (secondary N) is 1. The molecule has 1 rings (SSSR count). The lowest BCUT2D eigenvalue weighted by molar-refractivity contribution is 0.505. The molecule has 0 amide bonds. The normalized spacial score (nSPS) is 12.8. The van der Waals surface area contributed by atoms with E-state index in [1.165, 1.54) is 6.26 Å². The fourth-order valence-corrected chi connectivity index (χ4v) is 1.77. The van der Waals surface area contributed by atoms with Gasteiger partial charge in [-0.15, -0.1) is 0 Å². The van der Waals surface area contributed by atoms with Crippen molar-refractivity contribution in [1.82, 2.24) is 9.55 Å². The lowest BCUT2D eigenvalue weighted by Crippen LogP contribution is -2.35. The molecule has 0 spiro atoms. The molecule has 0 aliphatic heterocycles. The predicted octanol–water partition coefficient (Wildman–Crippen LogP) is 1.06. The van der Waals surface area contributed by atoms with Crippen LogP contribution in [0.4, 0.5) is 5.95 Å². The van der Waals surface area contributed by atoms with Crippen LogP contribution < -0.4 is 5.32 Å². The number of hydrogen-bond acceptors (Lipinski definition) is 4. The summed E-state index contributed by atoms with van der Waals surface area (Å²) in [5, 5.41) is 2.95. The molecular weight excluding hydrogens is 226 g/mol. The highest BCUT2D eigenvalue weighted by Gasteiger charge is 2.31. The fraction of sp³-hybridized carbons (Fsp3) is 0.700. The number of rotatable bonds is 4. The molecule has 92 valence electrons. The van der Waals surface area contributed by atoms with Crippen LogP contribution in [-0.2, 0) is 16.4 Å². The molecule has 1 N–H and O–H groups in total. The zero-order chi connectivity index (χ0) is 12.6. The Labute approximate surface area is 96.8 Å². The van der Waals surface area contributed by atoms with Crippen LogP contribution in [0.3, 0.4) is 0 Å². The number of hydrogen-bond donors (Lipinski definition) is 1. The molecule has 0 saturated carbocycles. The average molecular weight is 245 g/mol. The molecule has 0 aliphatic rings. The zero-order valence-corrected chi connectivity index (χ0v) is 11.2. The summed E-state index contributed by atoms with van der Waals surface area (Å²) in [5.74, 6) is 0.689. The van der Waals surface area contributed by atoms with E-state index in [1.807, 2.05) is 17.7 Å². The third-order valence-electron chi connectivity index (χ3n) is 2.68. The van der Waals surface area contributed by atoms with Gasteiger partial charge in [0.15, 0.2) is 9.84 Å². The number of anilines is 1. The molecule has 0 unspecified atom stereocenters. The third-order valence-corrected chi connectivity index (χ3v) is 4.81. The Bertz CT molecular complexity index is 474. The van der Waals surface area contributed by atoms with Crippen molar-refractivity contribution in [3.8, 4) is 0 Å². The van der Waals surface area contributed by atoms with Crippen molar-refractivity contribution in [3.05, 3.63) is 11.9 Å². The van der Waals surface area contributed by atoms with Crippen molar-refractivity contribution >= 4 is 15.8 Å². The van der Waals surface area contributed by atoms with Crippen molar-refractivity contribution in [2.24, 2.45) is 0 Å². The highest BCUT2D eigenvalue weighted by molar-refractivity contribution is 7.92. The highest BCUT2D eigenvalue weighted by atomic mass is 32.2. The summed E-state index contributed by atoms with van der Waals surface area (Å²) >= 11 is 0. The Morgan fingerprint density at radius 3 is 2.50 bits per heavy atom. The number of nitrogens with zero attached hydrogens (tertiary/aromatic N) is 2. The van der Waals surface area contributed by atoms with Crippen LogP contribution in [0.15, 0.2) is 6.20 Å². The first-order valence-corrected chi connectivity index (χ1v) is 6.97. The summed E-state index contributed by atoms with van der Waals surface area (Å²) in [5.41, 5.74) is 0.869. The number of imidazole rings is 1. The molecule has 0 atom stereocenters. The average Bonchev–Trinajstić information content (AvgIpc) is 2.43. The first-order valence-electron chi connectivity index (χ1n) is 5.08. The molecule has 0 aliphatic carbocycles. The van der Waals surface area contributed by atoms with Crippen LogP contribution in [0.25, 0.3) is 0 Å². The zero-order valence-electron chi connectivity index (χ0n) is 10.4. The first kappa shape index (κ1) is 13.0. The van der Waals surface area contributed by atoms with Gasteiger partial charge in [0.1, 0.15) is 0 Å². The Morgan fingerprint density at radius 2 is 2.06 bits per heavy atom. The minimum Gasteiger partial charge on any atom is -0.359 e. The summed E-state index contributed by atoms with van der Waals surface area (Å²) in [4.78, 5) is 4.25. The maximum atomic E-state index is 11.6. The number of sulfone groups is 1. The lowest BCUT2D eigenvalue weighted by atomic mass is 10.2. The molecule has 0 aromatic carbocycles. The van der Waals surface area contributed by atoms with E-state index in [1.54, 1.807) is 20.9 Å². The number of aromatic nitrogens is 2. The summed E-state index contributed by atoms with van der Waals surface area (Å²) in [6.45, 7) is 5.71. The first-order chi connectivity index (χ1) is 7.17. The van der Waals surface area contributed by atoms with Crippen molar-refractivity contribution in [1.29, 1.82) is 0 Å². The molecule has 0 radical (unpaired) electrons. The van der Waals surface area contributed by atoms with Crippen molar-refractivity contribution < 1.29 is 8.42 Å². The van der Waals surface area contributed by atoms with Gasteiger partial charge in [0.05, 0.1) is 10.4 Å². The van der Waals surface area contributed by atoms with Crippen LogP contribution in [0.1, 0.15) is 19.5 Å². The van der Waals surface area contributed by atoms with Crippen LogP contribution >= 0.6 is 0 Å². The van der Waals surface area contributed by atoms with Crippen molar-refractivity contribution in [3.63, 3.8) is 0 Å². The molecule has 1 aromatic rings. The summed E-state index contributed by atoms with van der Waals surface area (Å²) in [7, 11) is -1.32. The SMILES string of the molecule is CNc1nc(C)cn1CC(C)(C)S(C)(=O)=O. The minimum absolute atomic E-state index is 0.392. The smallest absolute Gasteiger partial charge is 0.202 e. The monoisotopic (exact) mass is 245 g/mol. The highest BCUT2D eigenvalue weighted by Crippen LogP contribution is 2.20. The predicted molar refractivity (Wildman–Crippen MR) is 65.4 cm³/mol. The molecule has 16 heavy (non-hydrogen) atoms. The second-order valence-corrected chi connectivity index (χ2v) is 7.27. The van der Waals surface area contributed by atoms with Gasteiger partial charge in [0.25, 0.3) is 0 Å². The lowest BCUT2D eigenvalue weighted by Gasteiger charge is -2.23. The summed E-state index contributed by atoms with van der Waals surface area (Å²) in [6.07, 6.45) is 3.11. The maximum Gasteiger partial charge on any atom is 0.202 e. The van der Waals surface area contributed by atoms with Crippen molar-refractivity contribution in [2.75, 3.05) is 18.6 Å². The molecule has 1 aromatic heterocycles.